The van der Waals surface area contributed by atoms with Gasteiger partial charge in [0.1, 0.15) is 6.54 Å². The number of nitrogens with zero attached hydrogens (tertiary/aromatic N) is 2. The number of hydrogen-bond acceptors (Lipinski definition) is 4. The van der Waals surface area contributed by atoms with Gasteiger partial charge in [0.05, 0.1) is 23.6 Å². The van der Waals surface area contributed by atoms with Gasteiger partial charge < -0.3 is 14.7 Å². The lowest BCUT2D eigenvalue weighted by atomic mass is 10.1. The lowest BCUT2D eigenvalue weighted by Gasteiger charge is -2.21. The van der Waals surface area contributed by atoms with Crippen LogP contribution >= 0.6 is 0 Å². The number of aliphatic carboxylic acids is 1. The van der Waals surface area contributed by atoms with E-state index in [9.17, 15) is 9.59 Å². The topological polar surface area (TPSA) is 79.7 Å². The van der Waals surface area contributed by atoms with Gasteiger partial charge in [0.2, 0.25) is 0 Å². The summed E-state index contributed by atoms with van der Waals surface area (Å²) in [6, 6.07) is 13.1. The highest BCUT2D eigenvalue weighted by Crippen LogP contribution is 2.19. The van der Waals surface area contributed by atoms with E-state index in [-0.39, 0.29) is 25.6 Å². The maximum Gasteiger partial charge on any atom is 0.323 e. The normalized spacial score (nSPS) is 10.4. The predicted octanol–water partition coefficient (Wildman–Crippen LogP) is 2.23. The molecule has 24 heavy (non-hydrogen) atoms. The highest BCUT2D eigenvalue weighted by Gasteiger charge is 2.20. The van der Waals surface area contributed by atoms with Crippen LogP contribution in [0, 0.1) is 6.92 Å². The molecule has 6 heteroatoms. The molecule has 0 aliphatic carbocycles. The number of aromatic nitrogens is 1. The number of amides is 1. The Bertz CT molecular complexity index is 716. The molecule has 126 valence electrons. The molecule has 2 rings (SSSR count). The molecule has 1 N–H and O–H groups in total. The van der Waals surface area contributed by atoms with Crippen LogP contribution in [0.25, 0.3) is 11.3 Å². The Labute approximate surface area is 140 Å². The minimum atomic E-state index is -1.06. The minimum absolute atomic E-state index is 0.210. The molecule has 0 spiro atoms. The van der Waals surface area contributed by atoms with Crippen molar-refractivity contribution in [3.05, 3.63) is 53.7 Å². The summed E-state index contributed by atoms with van der Waals surface area (Å²) < 4.78 is 4.94. The van der Waals surface area contributed by atoms with E-state index in [1.165, 1.54) is 12.0 Å². The number of aryl methyl sites for hydroxylation is 1. The van der Waals surface area contributed by atoms with Crippen LogP contribution in [0.2, 0.25) is 0 Å². The maximum atomic E-state index is 12.6. The van der Waals surface area contributed by atoms with Gasteiger partial charge >= 0.3 is 5.97 Å². The van der Waals surface area contributed by atoms with Crippen molar-refractivity contribution in [3.63, 3.8) is 0 Å². The number of carbonyl (C=O) groups excluding carboxylic acids is 1. The average Bonchev–Trinajstić information content (AvgIpc) is 2.58. The lowest BCUT2D eigenvalue weighted by Crippen LogP contribution is -2.38. The second-order valence-corrected chi connectivity index (χ2v) is 5.31. The fourth-order valence-electron chi connectivity index (χ4n) is 2.34. The van der Waals surface area contributed by atoms with E-state index in [0.29, 0.717) is 11.3 Å². The van der Waals surface area contributed by atoms with Crippen molar-refractivity contribution >= 4 is 11.9 Å². The van der Waals surface area contributed by atoms with Gasteiger partial charge in [-0.2, -0.15) is 0 Å². The molecule has 0 bridgehead atoms. The molecule has 0 radical (unpaired) electrons. The summed E-state index contributed by atoms with van der Waals surface area (Å²) in [4.78, 5) is 29.3. The third-order valence-corrected chi connectivity index (χ3v) is 3.56. The van der Waals surface area contributed by atoms with Crippen LogP contribution in [0.4, 0.5) is 0 Å². The van der Waals surface area contributed by atoms with Gasteiger partial charge in [-0.3, -0.25) is 14.6 Å². The van der Waals surface area contributed by atoms with Crippen LogP contribution in [0.5, 0.6) is 0 Å². The molecule has 0 atom stereocenters. The summed E-state index contributed by atoms with van der Waals surface area (Å²) in [6.45, 7) is 1.85. The van der Waals surface area contributed by atoms with Crippen LogP contribution < -0.4 is 0 Å². The van der Waals surface area contributed by atoms with E-state index in [4.69, 9.17) is 9.84 Å². The number of carbonyl (C=O) groups is 2. The lowest BCUT2D eigenvalue weighted by molar-refractivity contribution is -0.137. The smallest absolute Gasteiger partial charge is 0.323 e. The Hall–Kier alpha value is -2.73. The van der Waals surface area contributed by atoms with Crippen LogP contribution in [-0.4, -0.2) is 53.7 Å². The fourth-order valence-corrected chi connectivity index (χ4v) is 2.34. The van der Waals surface area contributed by atoms with Crippen LogP contribution in [0.3, 0.4) is 0 Å². The summed E-state index contributed by atoms with van der Waals surface area (Å²) in [6.07, 6.45) is 0. The number of pyridine rings is 1. The van der Waals surface area contributed by atoms with Crippen LogP contribution in [-0.2, 0) is 9.53 Å². The Morgan fingerprint density at radius 3 is 2.46 bits per heavy atom. The fraction of sp³-hybridized carbons (Fsp3) is 0.278. The summed E-state index contributed by atoms with van der Waals surface area (Å²) in [5.74, 6) is -1.43. The van der Waals surface area contributed by atoms with Gasteiger partial charge in [-0.15, -0.1) is 0 Å². The van der Waals surface area contributed by atoms with E-state index in [1.54, 1.807) is 19.1 Å². The Morgan fingerprint density at radius 2 is 1.88 bits per heavy atom. The molecule has 1 heterocycles. The molecule has 1 aromatic carbocycles. The summed E-state index contributed by atoms with van der Waals surface area (Å²) in [5, 5.41) is 8.99. The molecular weight excluding hydrogens is 308 g/mol. The van der Waals surface area contributed by atoms with E-state index < -0.39 is 5.97 Å². The largest absolute Gasteiger partial charge is 0.480 e. The van der Waals surface area contributed by atoms with Gasteiger partial charge in [0, 0.05) is 19.2 Å². The van der Waals surface area contributed by atoms with Gasteiger partial charge in [-0.25, -0.2) is 0 Å². The van der Waals surface area contributed by atoms with Gasteiger partial charge in [-0.05, 0) is 19.1 Å². The highest BCUT2D eigenvalue weighted by atomic mass is 16.5. The molecule has 6 nitrogen and oxygen atoms in total. The Kier molecular flexibility index (Phi) is 6.03. The molecular formula is C18H20N2O4. The van der Waals surface area contributed by atoms with E-state index in [2.05, 4.69) is 4.98 Å². The van der Waals surface area contributed by atoms with Crippen molar-refractivity contribution in [1.82, 2.24) is 9.88 Å². The van der Waals surface area contributed by atoms with E-state index in [0.717, 1.165) is 11.3 Å². The first kappa shape index (κ1) is 17.6. The standard InChI is InChI=1S/C18H20N2O4/c1-13-15(18(23)20(10-11-24-2)12-17(21)22)8-9-16(19-13)14-6-4-3-5-7-14/h3-9H,10-12H2,1-2H3,(H,21,22). The number of methoxy groups -OCH3 is 1. The van der Waals surface area contributed by atoms with Crippen LogP contribution in [0.15, 0.2) is 42.5 Å². The van der Waals surface area contributed by atoms with Crippen molar-refractivity contribution in [3.8, 4) is 11.3 Å². The quantitative estimate of drug-likeness (QED) is 0.843. The summed E-state index contributed by atoms with van der Waals surface area (Å²) in [7, 11) is 1.50. The summed E-state index contributed by atoms with van der Waals surface area (Å²) >= 11 is 0. The molecule has 0 aliphatic rings. The zero-order valence-corrected chi connectivity index (χ0v) is 13.7. The number of carboxylic acid groups (broad SMARTS) is 1. The van der Waals surface area contributed by atoms with Gasteiger partial charge in [0.25, 0.3) is 5.91 Å². The number of ether oxygens (including phenoxy) is 1. The molecule has 0 fully saturated rings. The van der Waals surface area contributed by atoms with E-state index in [1.807, 2.05) is 30.3 Å². The average molecular weight is 328 g/mol. The Balaban J connectivity index is 2.26. The third kappa shape index (κ3) is 4.39. The number of hydrogen-bond donors (Lipinski definition) is 1. The monoisotopic (exact) mass is 328 g/mol. The molecule has 0 saturated heterocycles. The molecule has 0 unspecified atom stereocenters. The van der Waals surface area contributed by atoms with Crippen molar-refractivity contribution in [1.29, 1.82) is 0 Å². The van der Waals surface area contributed by atoms with Crippen molar-refractivity contribution < 1.29 is 19.4 Å². The third-order valence-electron chi connectivity index (χ3n) is 3.56. The van der Waals surface area contributed by atoms with Crippen molar-refractivity contribution in [2.24, 2.45) is 0 Å². The zero-order valence-electron chi connectivity index (χ0n) is 13.7. The Morgan fingerprint density at radius 1 is 1.17 bits per heavy atom. The van der Waals surface area contributed by atoms with Gasteiger partial charge in [-0.1, -0.05) is 30.3 Å². The number of rotatable bonds is 7. The SMILES string of the molecule is COCCN(CC(=O)O)C(=O)c1ccc(-c2ccccc2)nc1C. The second-order valence-electron chi connectivity index (χ2n) is 5.31. The molecule has 0 saturated carbocycles. The molecule has 1 aromatic heterocycles. The van der Waals surface area contributed by atoms with E-state index >= 15 is 0 Å². The molecule has 2 aromatic rings. The second kappa shape index (κ2) is 8.21. The predicted molar refractivity (Wildman–Crippen MR) is 89.8 cm³/mol. The van der Waals surface area contributed by atoms with Crippen LogP contribution in [0.1, 0.15) is 16.1 Å². The molecule has 0 aliphatic heterocycles. The minimum Gasteiger partial charge on any atom is -0.480 e. The first-order valence-electron chi connectivity index (χ1n) is 7.56. The first-order valence-corrected chi connectivity index (χ1v) is 7.56. The zero-order chi connectivity index (χ0) is 17.5. The number of benzene rings is 1. The van der Waals surface area contributed by atoms with Gasteiger partial charge in [0.15, 0.2) is 0 Å². The summed E-state index contributed by atoms with van der Waals surface area (Å²) in [5.41, 5.74) is 2.69. The first-order chi connectivity index (χ1) is 11.5. The van der Waals surface area contributed by atoms with Crippen molar-refractivity contribution in [2.75, 3.05) is 26.8 Å². The van der Waals surface area contributed by atoms with Crippen molar-refractivity contribution in [2.45, 2.75) is 6.92 Å². The number of carboxylic acids is 1. The maximum absolute atomic E-state index is 12.6. The molecule has 1 amide bonds. The highest BCUT2D eigenvalue weighted by molar-refractivity contribution is 5.97.